The molecule has 0 heterocycles. The lowest BCUT2D eigenvalue weighted by Gasteiger charge is -2.17. The van der Waals surface area contributed by atoms with E-state index >= 15 is 0 Å². The molecule has 1 atom stereocenters. The molecule has 0 aliphatic carbocycles. The summed E-state index contributed by atoms with van der Waals surface area (Å²) in [6.07, 6.45) is 0.600. The molecular weight excluding hydrogens is 268 g/mol. The first-order chi connectivity index (χ1) is 10.1. The van der Waals surface area contributed by atoms with E-state index in [4.69, 9.17) is 5.73 Å². The smallest absolute Gasteiger partial charge is 0.255 e. The number of hydrogen-bond acceptors (Lipinski definition) is 4. The van der Waals surface area contributed by atoms with Crippen molar-refractivity contribution in [2.75, 3.05) is 6.54 Å². The number of benzene rings is 2. The van der Waals surface area contributed by atoms with Crippen LogP contribution in [0.25, 0.3) is 0 Å². The molecule has 21 heavy (non-hydrogen) atoms. The number of carbonyl (C=O) groups is 1. The molecule has 0 fully saturated rings. The van der Waals surface area contributed by atoms with Gasteiger partial charge in [0, 0.05) is 12.6 Å². The highest BCUT2D eigenvalue weighted by molar-refractivity contribution is 5.97. The molecule has 0 saturated carbocycles. The Labute approximate surface area is 123 Å². The molecule has 1 unspecified atom stereocenters. The number of carbonyl (C=O) groups excluding carboxylic acids is 1. The number of phenols is 2. The molecule has 0 aliphatic heterocycles. The average Bonchev–Trinajstić information content (AvgIpc) is 2.50. The standard InChI is InChI=1S/C16H18N2O3/c17-10-12(9-11-5-2-1-3-6-11)18-16(21)13-7-4-8-14(19)15(13)20/h1-8,12,19-20H,9-10,17H2,(H,18,21). The van der Waals surface area contributed by atoms with Crippen LogP contribution in [0.5, 0.6) is 11.5 Å². The highest BCUT2D eigenvalue weighted by atomic mass is 16.3. The molecule has 0 bridgehead atoms. The van der Waals surface area contributed by atoms with Crippen molar-refractivity contribution in [1.29, 1.82) is 0 Å². The molecule has 0 saturated heterocycles. The van der Waals surface area contributed by atoms with Crippen molar-refractivity contribution < 1.29 is 15.0 Å². The predicted molar refractivity (Wildman–Crippen MR) is 80.2 cm³/mol. The Bertz CT molecular complexity index is 614. The summed E-state index contributed by atoms with van der Waals surface area (Å²) in [4.78, 5) is 12.1. The molecule has 2 rings (SSSR count). The van der Waals surface area contributed by atoms with Gasteiger partial charge in [-0.1, -0.05) is 36.4 Å². The summed E-state index contributed by atoms with van der Waals surface area (Å²) in [6, 6.07) is 13.7. The van der Waals surface area contributed by atoms with Gasteiger partial charge in [0.1, 0.15) is 0 Å². The molecule has 0 aliphatic rings. The van der Waals surface area contributed by atoms with Crippen LogP contribution in [-0.4, -0.2) is 28.7 Å². The van der Waals surface area contributed by atoms with Crippen molar-refractivity contribution in [3.8, 4) is 11.5 Å². The number of nitrogens with one attached hydrogen (secondary N) is 1. The molecular formula is C16H18N2O3. The number of hydrogen-bond donors (Lipinski definition) is 4. The maximum atomic E-state index is 12.1. The van der Waals surface area contributed by atoms with Gasteiger partial charge in [-0.3, -0.25) is 4.79 Å². The molecule has 1 amide bonds. The van der Waals surface area contributed by atoms with Gasteiger partial charge in [-0.2, -0.15) is 0 Å². The Hall–Kier alpha value is -2.53. The summed E-state index contributed by atoms with van der Waals surface area (Å²) in [5, 5.41) is 21.9. The third kappa shape index (κ3) is 3.73. The first-order valence-electron chi connectivity index (χ1n) is 6.67. The van der Waals surface area contributed by atoms with Gasteiger partial charge >= 0.3 is 0 Å². The second kappa shape index (κ2) is 6.76. The number of para-hydroxylation sites is 1. The minimum Gasteiger partial charge on any atom is -0.504 e. The molecule has 0 radical (unpaired) electrons. The van der Waals surface area contributed by atoms with Crippen molar-refractivity contribution in [3.05, 3.63) is 59.7 Å². The highest BCUT2D eigenvalue weighted by Gasteiger charge is 2.17. The second-order valence-electron chi connectivity index (χ2n) is 4.77. The number of aromatic hydroxyl groups is 2. The van der Waals surface area contributed by atoms with E-state index in [1.165, 1.54) is 18.2 Å². The molecule has 110 valence electrons. The maximum Gasteiger partial charge on any atom is 0.255 e. The minimum absolute atomic E-state index is 0.0292. The fourth-order valence-corrected chi connectivity index (χ4v) is 2.07. The topological polar surface area (TPSA) is 95.6 Å². The quantitative estimate of drug-likeness (QED) is 0.625. The lowest BCUT2D eigenvalue weighted by atomic mass is 10.1. The van der Waals surface area contributed by atoms with Crippen LogP contribution < -0.4 is 11.1 Å². The second-order valence-corrected chi connectivity index (χ2v) is 4.77. The van der Waals surface area contributed by atoms with Crippen molar-refractivity contribution in [2.24, 2.45) is 5.73 Å². The Balaban J connectivity index is 2.08. The summed E-state index contributed by atoms with van der Waals surface area (Å²) in [5.74, 6) is -1.21. The zero-order valence-corrected chi connectivity index (χ0v) is 11.5. The van der Waals surface area contributed by atoms with Crippen LogP contribution in [0.2, 0.25) is 0 Å². The first kappa shape index (κ1) is 14.9. The molecule has 5 N–H and O–H groups in total. The molecule has 0 aromatic heterocycles. The van der Waals surface area contributed by atoms with Crippen LogP contribution in [-0.2, 0) is 6.42 Å². The van der Waals surface area contributed by atoms with Crippen LogP contribution >= 0.6 is 0 Å². The van der Waals surface area contributed by atoms with Crippen molar-refractivity contribution in [2.45, 2.75) is 12.5 Å². The normalized spacial score (nSPS) is 11.9. The SMILES string of the molecule is NCC(Cc1ccccc1)NC(=O)c1cccc(O)c1O. The number of phenolic OH excluding ortho intramolecular Hbond substituents is 2. The number of rotatable bonds is 5. The van der Waals surface area contributed by atoms with Gasteiger partial charge in [-0.05, 0) is 24.1 Å². The van der Waals surface area contributed by atoms with E-state index in [0.717, 1.165) is 5.56 Å². The van der Waals surface area contributed by atoms with E-state index in [9.17, 15) is 15.0 Å². The van der Waals surface area contributed by atoms with Crippen molar-refractivity contribution in [3.63, 3.8) is 0 Å². The van der Waals surface area contributed by atoms with E-state index in [2.05, 4.69) is 5.32 Å². The van der Waals surface area contributed by atoms with Crippen LogP contribution in [0.3, 0.4) is 0 Å². The van der Waals surface area contributed by atoms with Gasteiger partial charge in [0.15, 0.2) is 11.5 Å². The predicted octanol–water partition coefficient (Wildman–Crippen LogP) is 1.40. The molecule has 2 aromatic carbocycles. The van der Waals surface area contributed by atoms with Gasteiger partial charge in [0.25, 0.3) is 5.91 Å². The van der Waals surface area contributed by atoms with Gasteiger partial charge in [0.05, 0.1) is 5.56 Å². The monoisotopic (exact) mass is 286 g/mol. The summed E-state index contributed by atoms with van der Waals surface area (Å²) < 4.78 is 0. The van der Waals surface area contributed by atoms with Crippen LogP contribution in [0.4, 0.5) is 0 Å². The molecule has 0 spiro atoms. The lowest BCUT2D eigenvalue weighted by molar-refractivity contribution is 0.0934. The largest absolute Gasteiger partial charge is 0.504 e. The van der Waals surface area contributed by atoms with Crippen LogP contribution in [0.15, 0.2) is 48.5 Å². The molecule has 2 aromatic rings. The summed E-state index contributed by atoms with van der Waals surface area (Å²) in [6.45, 7) is 0.278. The number of amides is 1. The van der Waals surface area contributed by atoms with Gasteiger partial charge in [-0.25, -0.2) is 0 Å². The molecule has 5 heteroatoms. The fraction of sp³-hybridized carbons (Fsp3) is 0.188. The van der Waals surface area contributed by atoms with E-state index in [0.29, 0.717) is 6.42 Å². The van der Waals surface area contributed by atoms with Crippen LogP contribution in [0.1, 0.15) is 15.9 Å². The van der Waals surface area contributed by atoms with Crippen molar-refractivity contribution >= 4 is 5.91 Å². The molecule has 5 nitrogen and oxygen atoms in total. The summed E-state index contributed by atoms with van der Waals surface area (Å²) in [7, 11) is 0. The van der Waals surface area contributed by atoms with E-state index in [-0.39, 0.29) is 23.9 Å². The Morgan fingerprint density at radius 2 is 1.81 bits per heavy atom. The third-order valence-electron chi connectivity index (χ3n) is 3.20. The van der Waals surface area contributed by atoms with Crippen LogP contribution in [0, 0.1) is 0 Å². The van der Waals surface area contributed by atoms with E-state index in [1.54, 1.807) is 0 Å². The van der Waals surface area contributed by atoms with Crippen molar-refractivity contribution in [1.82, 2.24) is 5.32 Å². The number of nitrogens with two attached hydrogens (primary N) is 1. The highest BCUT2D eigenvalue weighted by Crippen LogP contribution is 2.28. The zero-order chi connectivity index (χ0) is 15.2. The van der Waals surface area contributed by atoms with E-state index in [1.807, 2.05) is 30.3 Å². The first-order valence-corrected chi connectivity index (χ1v) is 6.67. The fourth-order valence-electron chi connectivity index (χ4n) is 2.07. The Morgan fingerprint density at radius 1 is 1.10 bits per heavy atom. The average molecular weight is 286 g/mol. The Morgan fingerprint density at radius 3 is 2.48 bits per heavy atom. The third-order valence-corrected chi connectivity index (χ3v) is 3.20. The maximum absolute atomic E-state index is 12.1. The van der Waals surface area contributed by atoms with Gasteiger partial charge < -0.3 is 21.3 Å². The van der Waals surface area contributed by atoms with Gasteiger partial charge in [-0.15, -0.1) is 0 Å². The minimum atomic E-state index is -0.463. The lowest BCUT2D eigenvalue weighted by Crippen LogP contribution is -2.41. The Kier molecular flexibility index (Phi) is 4.79. The zero-order valence-electron chi connectivity index (χ0n) is 11.5. The van der Waals surface area contributed by atoms with Gasteiger partial charge in [0.2, 0.25) is 0 Å². The van der Waals surface area contributed by atoms with E-state index < -0.39 is 11.7 Å². The summed E-state index contributed by atoms with van der Waals surface area (Å²) in [5.41, 5.74) is 6.78. The summed E-state index contributed by atoms with van der Waals surface area (Å²) >= 11 is 0.